The van der Waals surface area contributed by atoms with E-state index in [9.17, 15) is 18.0 Å². The highest BCUT2D eigenvalue weighted by Crippen LogP contribution is 2.29. The highest BCUT2D eigenvalue weighted by molar-refractivity contribution is 7.90. The Hall–Kier alpha value is -1.31. The molecule has 128 valence electrons. The minimum Gasteiger partial charge on any atom is -0.334 e. The summed E-state index contributed by atoms with van der Waals surface area (Å²) in [5.74, 6) is -1.12. The summed E-state index contributed by atoms with van der Waals surface area (Å²) in [5.41, 5.74) is 0.278. The molecule has 0 aliphatic carbocycles. The second-order valence-corrected chi connectivity index (χ2v) is 8.01. The Kier molecular flexibility index (Phi) is 7.31. The van der Waals surface area contributed by atoms with Gasteiger partial charge in [0, 0.05) is 19.2 Å². The summed E-state index contributed by atoms with van der Waals surface area (Å²) >= 11 is 11.9. The highest BCUT2D eigenvalue weighted by Gasteiger charge is 2.18. The fourth-order valence-electron chi connectivity index (χ4n) is 1.78. The minimum absolute atomic E-state index is 0.160. The molecule has 0 aliphatic rings. The van der Waals surface area contributed by atoms with Crippen molar-refractivity contribution in [1.82, 2.24) is 4.90 Å². The van der Waals surface area contributed by atoms with Gasteiger partial charge in [0.1, 0.15) is 9.84 Å². The second-order valence-electron chi connectivity index (χ2n) is 4.93. The lowest BCUT2D eigenvalue weighted by Crippen LogP contribution is -2.38. The molecule has 0 atom stereocenters. The topological polar surface area (TPSA) is 83.6 Å². The average Bonchev–Trinajstić information content (AvgIpc) is 2.45. The van der Waals surface area contributed by atoms with Gasteiger partial charge >= 0.3 is 0 Å². The summed E-state index contributed by atoms with van der Waals surface area (Å²) in [6, 6.07) is 4.81. The third kappa shape index (κ3) is 6.76. The number of nitrogens with zero attached hydrogens (tertiary/aromatic N) is 1. The van der Waals surface area contributed by atoms with Crippen molar-refractivity contribution in [1.29, 1.82) is 0 Å². The van der Waals surface area contributed by atoms with Crippen molar-refractivity contribution in [3.8, 4) is 0 Å². The zero-order valence-corrected chi connectivity index (χ0v) is 15.1. The molecule has 1 rings (SSSR count). The number of para-hydroxylation sites is 1. The van der Waals surface area contributed by atoms with Crippen LogP contribution in [0.5, 0.6) is 0 Å². The first-order valence-electron chi connectivity index (χ1n) is 6.83. The van der Waals surface area contributed by atoms with Gasteiger partial charge in [0.25, 0.3) is 0 Å². The predicted octanol–water partition coefficient (Wildman–Crippen LogP) is 2.22. The van der Waals surface area contributed by atoms with Gasteiger partial charge in [-0.2, -0.15) is 0 Å². The van der Waals surface area contributed by atoms with Crippen molar-refractivity contribution in [3.05, 3.63) is 28.2 Å². The third-order valence-corrected chi connectivity index (χ3v) is 4.56. The number of benzene rings is 1. The van der Waals surface area contributed by atoms with E-state index in [1.54, 1.807) is 25.1 Å². The first-order valence-corrected chi connectivity index (χ1v) is 9.65. The number of rotatable bonds is 7. The molecule has 0 radical (unpaired) electrons. The van der Waals surface area contributed by atoms with Crippen LogP contribution in [0.1, 0.15) is 13.3 Å². The molecule has 1 aromatic rings. The van der Waals surface area contributed by atoms with E-state index in [4.69, 9.17) is 23.2 Å². The number of anilines is 1. The smallest absolute Gasteiger partial charge is 0.244 e. The lowest BCUT2D eigenvalue weighted by Gasteiger charge is -2.20. The zero-order chi connectivity index (χ0) is 17.6. The number of carbonyl (C=O) groups excluding carboxylic acids is 2. The molecule has 23 heavy (non-hydrogen) atoms. The molecule has 0 aromatic heterocycles. The van der Waals surface area contributed by atoms with Crippen LogP contribution in [0.3, 0.4) is 0 Å². The zero-order valence-electron chi connectivity index (χ0n) is 12.8. The molecule has 0 spiro atoms. The normalized spacial score (nSPS) is 11.1. The predicted molar refractivity (Wildman–Crippen MR) is 91.7 cm³/mol. The molecule has 9 heteroatoms. The third-order valence-electron chi connectivity index (χ3n) is 2.98. The molecule has 0 saturated heterocycles. The van der Waals surface area contributed by atoms with Crippen LogP contribution in [-0.4, -0.2) is 50.2 Å². The first-order chi connectivity index (χ1) is 10.6. The Labute approximate surface area is 145 Å². The van der Waals surface area contributed by atoms with Crippen LogP contribution in [0, 0.1) is 0 Å². The summed E-state index contributed by atoms with van der Waals surface area (Å²) in [6.45, 7) is 1.78. The molecule has 6 nitrogen and oxygen atoms in total. The SMILES string of the molecule is CCN(CC(=O)Nc1c(Cl)cccc1Cl)C(=O)CCS(C)(=O)=O. The van der Waals surface area contributed by atoms with Crippen LogP contribution in [-0.2, 0) is 19.4 Å². The average molecular weight is 381 g/mol. The minimum atomic E-state index is -3.23. The molecular formula is C14H18Cl2N2O4S. The van der Waals surface area contributed by atoms with E-state index in [2.05, 4.69) is 5.32 Å². The summed E-state index contributed by atoms with van der Waals surface area (Å²) in [7, 11) is -3.23. The second kappa shape index (κ2) is 8.52. The van der Waals surface area contributed by atoms with E-state index in [-0.39, 0.29) is 41.0 Å². The van der Waals surface area contributed by atoms with Crippen LogP contribution in [0.25, 0.3) is 0 Å². The number of carbonyl (C=O) groups is 2. The lowest BCUT2D eigenvalue weighted by molar-refractivity contribution is -0.134. The monoisotopic (exact) mass is 380 g/mol. The van der Waals surface area contributed by atoms with Gasteiger partial charge in [-0.3, -0.25) is 9.59 Å². The molecule has 0 bridgehead atoms. The standard InChI is InChI=1S/C14H18Cl2N2O4S/c1-3-18(13(20)7-8-23(2,21)22)9-12(19)17-14-10(15)5-4-6-11(14)16/h4-6H,3,7-9H2,1-2H3,(H,17,19). The Morgan fingerprint density at radius 3 is 2.26 bits per heavy atom. The van der Waals surface area contributed by atoms with Crippen LogP contribution >= 0.6 is 23.2 Å². The molecule has 0 unspecified atom stereocenters. The van der Waals surface area contributed by atoms with E-state index < -0.39 is 21.7 Å². The van der Waals surface area contributed by atoms with Crippen LogP contribution in [0.2, 0.25) is 10.0 Å². The number of halogens is 2. The van der Waals surface area contributed by atoms with E-state index in [1.165, 1.54) is 4.90 Å². The molecule has 1 aromatic carbocycles. The van der Waals surface area contributed by atoms with Crippen LogP contribution < -0.4 is 5.32 Å². The van der Waals surface area contributed by atoms with E-state index in [0.29, 0.717) is 0 Å². The Morgan fingerprint density at radius 1 is 1.22 bits per heavy atom. The molecule has 0 fully saturated rings. The number of likely N-dealkylation sites (N-methyl/N-ethyl adjacent to an activating group) is 1. The van der Waals surface area contributed by atoms with Crippen molar-refractivity contribution >= 4 is 50.5 Å². The van der Waals surface area contributed by atoms with Gasteiger partial charge < -0.3 is 10.2 Å². The fraction of sp³-hybridized carbons (Fsp3) is 0.429. The molecule has 0 aliphatic heterocycles. The van der Waals surface area contributed by atoms with E-state index >= 15 is 0 Å². The van der Waals surface area contributed by atoms with Gasteiger partial charge in [-0.25, -0.2) is 8.42 Å². The number of amides is 2. The molecule has 0 heterocycles. The summed E-state index contributed by atoms with van der Waals surface area (Å²) < 4.78 is 22.2. The first kappa shape index (κ1) is 19.7. The van der Waals surface area contributed by atoms with Crippen LogP contribution in [0.4, 0.5) is 5.69 Å². The summed E-state index contributed by atoms with van der Waals surface area (Å²) in [4.78, 5) is 25.3. The molecule has 0 saturated carbocycles. The number of nitrogens with one attached hydrogen (secondary N) is 1. The van der Waals surface area contributed by atoms with Crippen LogP contribution in [0.15, 0.2) is 18.2 Å². The quantitative estimate of drug-likeness (QED) is 0.785. The number of hydrogen-bond acceptors (Lipinski definition) is 4. The van der Waals surface area contributed by atoms with Gasteiger partial charge in [0.15, 0.2) is 0 Å². The summed E-state index contributed by atoms with van der Waals surface area (Å²) in [6.07, 6.45) is 0.898. The Balaban J connectivity index is 2.68. The Morgan fingerprint density at radius 2 is 1.78 bits per heavy atom. The molecule has 2 amide bonds. The van der Waals surface area contributed by atoms with Crippen molar-refractivity contribution in [2.75, 3.05) is 30.4 Å². The van der Waals surface area contributed by atoms with Crippen molar-refractivity contribution < 1.29 is 18.0 Å². The van der Waals surface area contributed by atoms with Crippen molar-refractivity contribution in [2.24, 2.45) is 0 Å². The molecular weight excluding hydrogens is 363 g/mol. The van der Waals surface area contributed by atoms with E-state index in [1.807, 2.05) is 0 Å². The highest BCUT2D eigenvalue weighted by atomic mass is 35.5. The van der Waals surface area contributed by atoms with Crippen molar-refractivity contribution in [3.63, 3.8) is 0 Å². The van der Waals surface area contributed by atoms with Gasteiger partial charge in [0.2, 0.25) is 11.8 Å². The lowest BCUT2D eigenvalue weighted by atomic mass is 10.3. The van der Waals surface area contributed by atoms with Gasteiger partial charge in [-0.05, 0) is 19.1 Å². The molecule has 1 N–H and O–H groups in total. The number of hydrogen-bond donors (Lipinski definition) is 1. The number of sulfone groups is 1. The largest absolute Gasteiger partial charge is 0.334 e. The summed E-state index contributed by atoms with van der Waals surface area (Å²) in [5, 5.41) is 3.13. The van der Waals surface area contributed by atoms with Gasteiger partial charge in [-0.15, -0.1) is 0 Å². The van der Waals surface area contributed by atoms with Gasteiger partial charge in [0.05, 0.1) is 28.0 Å². The maximum absolute atomic E-state index is 12.1. The van der Waals surface area contributed by atoms with Gasteiger partial charge in [-0.1, -0.05) is 29.3 Å². The Bertz CT molecular complexity index is 672. The van der Waals surface area contributed by atoms with E-state index in [0.717, 1.165) is 6.26 Å². The van der Waals surface area contributed by atoms with Crippen molar-refractivity contribution in [2.45, 2.75) is 13.3 Å². The fourth-order valence-corrected chi connectivity index (χ4v) is 2.81. The maximum atomic E-state index is 12.1. The maximum Gasteiger partial charge on any atom is 0.244 e.